The minimum atomic E-state index is 0.0493. The molecule has 0 heterocycles. The highest BCUT2D eigenvalue weighted by atomic mass is 16.5. The van der Waals surface area contributed by atoms with Crippen molar-refractivity contribution in [3.63, 3.8) is 0 Å². The monoisotopic (exact) mass is 524 g/mol. The summed E-state index contributed by atoms with van der Waals surface area (Å²) < 4.78 is 11.9. The summed E-state index contributed by atoms with van der Waals surface area (Å²) in [5.74, 6) is 1.57. The second-order valence-corrected chi connectivity index (χ2v) is 10.5. The van der Waals surface area contributed by atoms with Gasteiger partial charge in [-0.05, 0) is 73.2 Å². The molecule has 0 radical (unpaired) electrons. The summed E-state index contributed by atoms with van der Waals surface area (Å²) in [6, 6.07) is 11.7. The van der Waals surface area contributed by atoms with E-state index in [-0.39, 0.29) is 5.78 Å². The standard InChI is InChI=1S/C33H48O5/c34-21-13-9-5-1-3-7-11-15-23-37-27-17-19-29-30-20-18-28(26-32(30)33(36)31(29)25-27)38-24-16-12-8-4-2-6-10-14-22-35/h17-20,25-26,34-35H,1-16,21-24H2. The predicted molar refractivity (Wildman–Crippen MR) is 154 cm³/mol. The average Bonchev–Trinajstić information content (AvgIpc) is 3.21. The number of hydrogen-bond acceptors (Lipinski definition) is 5. The van der Waals surface area contributed by atoms with Gasteiger partial charge in [0.1, 0.15) is 11.5 Å². The maximum absolute atomic E-state index is 13.1. The number of fused-ring (bicyclic) bond motifs is 3. The van der Waals surface area contributed by atoms with Crippen molar-refractivity contribution in [3.05, 3.63) is 47.5 Å². The summed E-state index contributed by atoms with van der Waals surface area (Å²) >= 11 is 0. The number of benzene rings is 2. The third-order valence-electron chi connectivity index (χ3n) is 7.40. The molecular weight excluding hydrogens is 476 g/mol. The molecular formula is C33H48O5. The summed E-state index contributed by atoms with van der Waals surface area (Å²) in [5, 5.41) is 17.6. The number of hydrogen-bond donors (Lipinski definition) is 2. The summed E-state index contributed by atoms with van der Waals surface area (Å²) in [6.45, 7) is 1.96. The van der Waals surface area contributed by atoms with Crippen LogP contribution in [0.4, 0.5) is 0 Å². The van der Waals surface area contributed by atoms with Gasteiger partial charge < -0.3 is 19.7 Å². The Balaban J connectivity index is 1.34. The summed E-state index contributed by atoms with van der Waals surface area (Å²) in [4.78, 5) is 13.1. The number of unbranched alkanes of at least 4 members (excludes halogenated alkanes) is 14. The fourth-order valence-electron chi connectivity index (χ4n) is 5.15. The largest absolute Gasteiger partial charge is 0.494 e. The topological polar surface area (TPSA) is 76.0 Å². The quantitative estimate of drug-likeness (QED) is 0.131. The number of rotatable bonds is 22. The van der Waals surface area contributed by atoms with Crippen LogP contribution in [0.25, 0.3) is 11.1 Å². The van der Waals surface area contributed by atoms with Gasteiger partial charge in [0.2, 0.25) is 0 Å². The van der Waals surface area contributed by atoms with Crippen LogP contribution >= 0.6 is 0 Å². The van der Waals surface area contributed by atoms with Crippen LogP contribution in [0.1, 0.15) is 119 Å². The molecule has 5 heteroatoms. The van der Waals surface area contributed by atoms with Gasteiger partial charge in [0.25, 0.3) is 0 Å². The van der Waals surface area contributed by atoms with Crippen LogP contribution in [0.15, 0.2) is 36.4 Å². The summed E-state index contributed by atoms with van der Waals surface area (Å²) in [6.07, 6.45) is 18.3. The Morgan fingerprint density at radius 2 is 0.789 bits per heavy atom. The molecule has 0 aliphatic heterocycles. The van der Waals surface area contributed by atoms with Crippen LogP contribution < -0.4 is 9.47 Å². The first-order valence-corrected chi connectivity index (χ1v) is 15.0. The Morgan fingerprint density at radius 3 is 1.16 bits per heavy atom. The van der Waals surface area contributed by atoms with Crippen molar-refractivity contribution in [1.29, 1.82) is 0 Å². The molecule has 0 fully saturated rings. The Morgan fingerprint density at radius 1 is 0.447 bits per heavy atom. The molecule has 38 heavy (non-hydrogen) atoms. The molecule has 2 aromatic rings. The van der Waals surface area contributed by atoms with Gasteiger partial charge >= 0.3 is 0 Å². The molecule has 2 aromatic carbocycles. The van der Waals surface area contributed by atoms with E-state index in [2.05, 4.69) is 0 Å². The Kier molecular flexibility index (Phi) is 14.3. The maximum Gasteiger partial charge on any atom is 0.194 e. The van der Waals surface area contributed by atoms with Crippen molar-refractivity contribution < 1.29 is 24.5 Å². The molecule has 1 aliphatic carbocycles. The fraction of sp³-hybridized carbons (Fsp3) is 0.606. The van der Waals surface area contributed by atoms with Gasteiger partial charge in [0.05, 0.1) is 13.2 Å². The smallest absolute Gasteiger partial charge is 0.194 e. The zero-order chi connectivity index (χ0) is 26.8. The fourth-order valence-corrected chi connectivity index (χ4v) is 5.15. The molecule has 5 nitrogen and oxygen atoms in total. The van der Waals surface area contributed by atoms with E-state index in [0.29, 0.717) is 26.4 Å². The second kappa shape index (κ2) is 18.0. The maximum atomic E-state index is 13.1. The molecule has 0 bridgehead atoms. The molecule has 0 amide bonds. The first kappa shape index (κ1) is 30.2. The number of aliphatic hydroxyl groups excluding tert-OH is 2. The summed E-state index contributed by atoms with van der Waals surface area (Å²) in [7, 11) is 0. The van der Waals surface area contributed by atoms with Crippen molar-refractivity contribution in [2.24, 2.45) is 0 Å². The van der Waals surface area contributed by atoms with Gasteiger partial charge in [-0.2, -0.15) is 0 Å². The van der Waals surface area contributed by atoms with E-state index in [1.807, 2.05) is 36.4 Å². The van der Waals surface area contributed by atoms with Gasteiger partial charge in [0, 0.05) is 24.3 Å². The first-order chi connectivity index (χ1) is 18.7. The molecule has 0 unspecified atom stereocenters. The zero-order valence-corrected chi connectivity index (χ0v) is 23.2. The number of aliphatic hydroxyl groups is 2. The number of ketones is 1. The molecule has 0 saturated carbocycles. The lowest BCUT2D eigenvalue weighted by Gasteiger charge is -2.08. The highest BCUT2D eigenvalue weighted by Gasteiger charge is 2.27. The molecule has 0 spiro atoms. The molecule has 2 N–H and O–H groups in total. The van der Waals surface area contributed by atoms with Crippen molar-refractivity contribution >= 4 is 5.78 Å². The second-order valence-electron chi connectivity index (χ2n) is 10.5. The van der Waals surface area contributed by atoms with Crippen molar-refractivity contribution in [2.45, 2.75) is 103 Å². The molecule has 0 saturated heterocycles. The Labute approximate surface area is 229 Å². The van der Waals surface area contributed by atoms with Crippen LogP contribution in [-0.4, -0.2) is 42.4 Å². The number of ether oxygens (including phenoxy) is 2. The predicted octanol–water partition coefficient (Wildman–Crippen LogP) is 7.88. The van der Waals surface area contributed by atoms with E-state index in [9.17, 15) is 4.79 Å². The highest BCUT2D eigenvalue weighted by molar-refractivity contribution is 6.22. The zero-order valence-electron chi connectivity index (χ0n) is 23.2. The van der Waals surface area contributed by atoms with Crippen molar-refractivity contribution in [3.8, 4) is 22.6 Å². The molecule has 3 rings (SSSR count). The minimum Gasteiger partial charge on any atom is -0.494 e. The average molecular weight is 525 g/mol. The van der Waals surface area contributed by atoms with Crippen LogP contribution in [0.3, 0.4) is 0 Å². The SMILES string of the molecule is O=C1c2cc(OCCCCCCCCCCO)ccc2-c2ccc(OCCCCCCCCCCO)cc21. The molecule has 0 atom stereocenters. The highest BCUT2D eigenvalue weighted by Crippen LogP contribution is 2.40. The lowest BCUT2D eigenvalue weighted by atomic mass is 10.1. The van der Waals surface area contributed by atoms with Gasteiger partial charge in [-0.15, -0.1) is 0 Å². The minimum absolute atomic E-state index is 0.0493. The normalized spacial score (nSPS) is 12.0. The lowest BCUT2D eigenvalue weighted by Crippen LogP contribution is -2.01. The van der Waals surface area contributed by atoms with E-state index >= 15 is 0 Å². The van der Waals surface area contributed by atoms with E-state index in [0.717, 1.165) is 85.1 Å². The Bertz CT molecular complexity index is 879. The summed E-state index contributed by atoms with van der Waals surface area (Å²) in [5.41, 5.74) is 3.39. The van der Waals surface area contributed by atoms with E-state index in [1.165, 1.54) is 51.4 Å². The van der Waals surface area contributed by atoms with Crippen LogP contribution in [0, 0.1) is 0 Å². The van der Waals surface area contributed by atoms with Crippen molar-refractivity contribution in [2.75, 3.05) is 26.4 Å². The van der Waals surface area contributed by atoms with Gasteiger partial charge in [-0.25, -0.2) is 0 Å². The lowest BCUT2D eigenvalue weighted by molar-refractivity contribution is 0.104. The Hall–Kier alpha value is -2.37. The third-order valence-corrected chi connectivity index (χ3v) is 7.40. The van der Waals surface area contributed by atoms with Gasteiger partial charge in [-0.3, -0.25) is 4.79 Å². The van der Waals surface area contributed by atoms with Crippen molar-refractivity contribution in [1.82, 2.24) is 0 Å². The molecule has 210 valence electrons. The molecule has 0 aromatic heterocycles. The molecule has 1 aliphatic rings. The van der Waals surface area contributed by atoms with Crippen LogP contribution in [-0.2, 0) is 0 Å². The van der Waals surface area contributed by atoms with E-state index in [4.69, 9.17) is 19.7 Å². The van der Waals surface area contributed by atoms with Gasteiger partial charge in [0.15, 0.2) is 5.78 Å². The first-order valence-electron chi connectivity index (χ1n) is 15.0. The number of carbonyl (C=O) groups is 1. The van der Waals surface area contributed by atoms with E-state index < -0.39 is 0 Å². The number of carbonyl (C=O) groups excluding carboxylic acids is 1. The van der Waals surface area contributed by atoms with E-state index in [1.54, 1.807) is 0 Å². The van der Waals surface area contributed by atoms with Crippen LogP contribution in [0.5, 0.6) is 11.5 Å². The third kappa shape index (κ3) is 10.1. The van der Waals surface area contributed by atoms with Crippen LogP contribution in [0.2, 0.25) is 0 Å². The van der Waals surface area contributed by atoms with Gasteiger partial charge in [-0.1, -0.05) is 77.0 Å².